The minimum Gasteiger partial charge on any atom is -0.465 e. The molecule has 0 amide bonds. The molecule has 0 aromatic rings. The fourth-order valence-corrected chi connectivity index (χ4v) is 0.288. The Morgan fingerprint density at radius 3 is 2.00 bits per heavy atom. The van der Waals surface area contributed by atoms with E-state index in [0.29, 0.717) is 18.6 Å². The van der Waals surface area contributed by atoms with E-state index in [9.17, 15) is 4.79 Å². The van der Waals surface area contributed by atoms with Crippen LogP contribution in [-0.2, 0) is 14.1 Å². The molecule has 0 saturated heterocycles. The molecule has 0 atom stereocenters. The first-order valence-electron chi connectivity index (χ1n) is 3.58. The number of hydrogen-bond donors (Lipinski definition) is 3. The summed E-state index contributed by atoms with van der Waals surface area (Å²) in [5, 5.41) is 0. The van der Waals surface area contributed by atoms with E-state index in [1.54, 1.807) is 6.92 Å². The van der Waals surface area contributed by atoms with Gasteiger partial charge in [0.1, 0.15) is 0 Å². The molecule has 0 bridgehead atoms. The molecule has 0 radical (unpaired) electrons. The number of carbonyl (C=O) groups excluding carboxylic acids is 1. The average molecular weight is 232 g/mol. The standard InChI is InChI=1S/C7H11O2.Li.H3O4P/c1-4-5-9-7(8)6(2)3;;1-5(2,3)4/h1-2,4-5H2,3H3;;(H3,1,2,3,4)/q-1;+1;. The molecule has 0 aromatic heterocycles. The molecule has 0 aliphatic heterocycles. The Hall–Kier alpha value is -0.0826. The zero-order chi connectivity index (χ0) is 11.8. The number of rotatable bonds is 3. The molecule has 0 fully saturated rings. The van der Waals surface area contributed by atoms with E-state index in [-0.39, 0.29) is 24.8 Å². The fraction of sp³-hybridized carbons (Fsp3) is 0.429. The second kappa shape index (κ2) is 10.4. The molecule has 15 heavy (non-hydrogen) atoms. The van der Waals surface area contributed by atoms with Gasteiger partial charge in [0, 0.05) is 5.57 Å². The van der Waals surface area contributed by atoms with Crippen LogP contribution in [0, 0.1) is 6.92 Å². The van der Waals surface area contributed by atoms with E-state index in [0.717, 1.165) is 0 Å². The van der Waals surface area contributed by atoms with E-state index >= 15 is 0 Å². The van der Waals surface area contributed by atoms with Crippen molar-refractivity contribution in [1.82, 2.24) is 0 Å². The maximum Gasteiger partial charge on any atom is 1.00 e. The van der Waals surface area contributed by atoms with Crippen LogP contribution in [0.3, 0.4) is 0 Å². The summed E-state index contributed by atoms with van der Waals surface area (Å²) in [7, 11) is -4.64. The molecule has 3 N–H and O–H groups in total. The van der Waals surface area contributed by atoms with Crippen LogP contribution in [0.1, 0.15) is 13.3 Å². The average Bonchev–Trinajstić information content (AvgIpc) is 1.96. The largest absolute Gasteiger partial charge is 1.00 e. The Morgan fingerprint density at radius 1 is 1.47 bits per heavy atom. The first kappa shape index (κ1) is 20.3. The topological polar surface area (TPSA) is 104 Å². The molecular weight excluding hydrogens is 218 g/mol. The van der Waals surface area contributed by atoms with E-state index in [1.165, 1.54) is 0 Å². The molecule has 0 saturated carbocycles. The fourth-order valence-electron chi connectivity index (χ4n) is 0.288. The summed E-state index contributed by atoms with van der Waals surface area (Å²) >= 11 is 0. The molecule has 84 valence electrons. The van der Waals surface area contributed by atoms with Crippen molar-refractivity contribution < 1.29 is 47.6 Å². The van der Waals surface area contributed by atoms with E-state index in [4.69, 9.17) is 19.2 Å². The van der Waals surface area contributed by atoms with Crippen LogP contribution < -0.4 is 18.9 Å². The Bertz CT molecular complexity index is 227. The Balaban J connectivity index is -0.000000208. The van der Waals surface area contributed by atoms with Crippen molar-refractivity contribution >= 4 is 13.8 Å². The van der Waals surface area contributed by atoms with E-state index in [1.807, 2.05) is 0 Å². The second-order valence-electron chi connectivity index (χ2n) is 2.28. The molecule has 0 aliphatic carbocycles. The second-order valence-corrected chi connectivity index (χ2v) is 3.31. The van der Waals surface area contributed by atoms with Crippen LogP contribution >= 0.6 is 7.82 Å². The zero-order valence-electron chi connectivity index (χ0n) is 8.84. The summed E-state index contributed by atoms with van der Waals surface area (Å²) in [4.78, 5) is 32.1. The van der Waals surface area contributed by atoms with Gasteiger partial charge in [0.25, 0.3) is 0 Å². The minimum absolute atomic E-state index is 0. The van der Waals surface area contributed by atoms with E-state index in [2.05, 4.69) is 18.2 Å². The monoisotopic (exact) mass is 232 g/mol. The van der Waals surface area contributed by atoms with Crippen LogP contribution in [0.5, 0.6) is 0 Å². The Morgan fingerprint density at radius 2 is 1.80 bits per heavy atom. The summed E-state index contributed by atoms with van der Waals surface area (Å²) < 4.78 is 13.5. The van der Waals surface area contributed by atoms with Gasteiger partial charge < -0.3 is 26.3 Å². The van der Waals surface area contributed by atoms with Crippen molar-refractivity contribution in [2.24, 2.45) is 0 Å². The zero-order valence-corrected chi connectivity index (χ0v) is 9.74. The number of carbonyl (C=O) groups is 1. The van der Waals surface area contributed by atoms with Crippen LogP contribution in [-0.4, -0.2) is 27.3 Å². The first-order chi connectivity index (χ1) is 6.18. The van der Waals surface area contributed by atoms with Crippen molar-refractivity contribution in [3.8, 4) is 0 Å². The SMILES string of the molecule is C=C(C)C(=O)OCC[CH2-].O=P(O)(O)O.[Li+]. The van der Waals surface area contributed by atoms with Gasteiger partial charge in [0.15, 0.2) is 0 Å². The molecule has 0 rings (SSSR count). The summed E-state index contributed by atoms with van der Waals surface area (Å²) in [6, 6.07) is 0. The van der Waals surface area contributed by atoms with Gasteiger partial charge in [0.05, 0.1) is 6.61 Å². The van der Waals surface area contributed by atoms with Gasteiger partial charge in [-0.1, -0.05) is 6.58 Å². The quantitative estimate of drug-likeness (QED) is 0.162. The van der Waals surface area contributed by atoms with Crippen molar-refractivity contribution in [3.63, 3.8) is 0 Å². The normalized spacial score (nSPS) is 9.13. The number of esters is 1. The third kappa shape index (κ3) is 31.5. The van der Waals surface area contributed by atoms with Gasteiger partial charge in [-0.15, -0.1) is 6.42 Å². The van der Waals surface area contributed by atoms with Crippen LogP contribution in [0.25, 0.3) is 0 Å². The van der Waals surface area contributed by atoms with Crippen molar-refractivity contribution in [1.29, 1.82) is 0 Å². The molecule has 6 nitrogen and oxygen atoms in total. The Kier molecular flexibility index (Phi) is 14.2. The Labute approximate surface area is 101 Å². The third-order valence-electron chi connectivity index (χ3n) is 0.726. The predicted molar refractivity (Wildman–Crippen MR) is 50.0 cm³/mol. The van der Waals surface area contributed by atoms with Gasteiger partial charge in [-0.3, -0.25) is 0 Å². The molecule has 0 heterocycles. The van der Waals surface area contributed by atoms with E-state index < -0.39 is 7.82 Å². The molecule has 0 aromatic carbocycles. The smallest absolute Gasteiger partial charge is 0.465 e. The number of ether oxygens (including phenoxy) is 1. The summed E-state index contributed by atoms with van der Waals surface area (Å²) in [6.45, 7) is 8.92. The van der Waals surface area contributed by atoms with Crippen molar-refractivity contribution in [2.75, 3.05) is 6.61 Å². The summed E-state index contributed by atoms with van der Waals surface area (Å²) in [5.41, 5.74) is 0.434. The molecular formula is C7H14LiO6P. The first-order valence-corrected chi connectivity index (χ1v) is 5.15. The van der Waals surface area contributed by atoms with Gasteiger partial charge in [0.2, 0.25) is 0 Å². The molecule has 0 aliphatic rings. The summed E-state index contributed by atoms with van der Waals surface area (Å²) in [5.74, 6) is -0.335. The third-order valence-corrected chi connectivity index (χ3v) is 0.726. The van der Waals surface area contributed by atoms with Gasteiger partial charge >= 0.3 is 32.7 Å². The molecule has 0 unspecified atom stereocenters. The van der Waals surface area contributed by atoms with Gasteiger partial charge in [-0.25, -0.2) is 9.36 Å². The van der Waals surface area contributed by atoms with Crippen LogP contribution in [0.15, 0.2) is 12.2 Å². The maximum absolute atomic E-state index is 10.6. The molecule has 0 spiro atoms. The van der Waals surface area contributed by atoms with Crippen LogP contribution in [0.4, 0.5) is 0 Å². The van der Waals surface area contributed by atoms with Gasteiger partial charge in [-0.05, 0) is 6.92 Å². The predicted octanol–water partition coefficient (Wildman–Crippen LogP) is -2.59. The molecule has 8 heteroatoms. The van der Waals surface area contributed by atoms with Gasteiger partial charge in [-0.2, -0.15) is 0 Å². The summed E-state index contributed by atoms with van der Waals surface area (Å²) in [6.07, 6.45) is 0.610. The number of phosphoric acid groups is 1. The van der Waals surface area contributed by atoms with Crippen molar-refractivity contribution in [3.05, 3.63) is 19.1 Å². The number of hydrogen-bond acceptors (Lipinski definition) is 3. The minimum atomic E-state index is -4.64. The van der Waals surface area contributed by atoms with Crippen molar-refractivity contribution in [2.45, 2.75) is 13.3 Å². The maximum atomic E-state index is 10.6. The van der Waals surface area contributed by atoms with Crippen LogP contribution in [0.2, 0.25) is 0 Å².